The Hall–Kier alpha value is -1.02. The van der Waals surface area contributed by atoms with Crippen molar-refractivity contribution in [1.29, 1.82) is 0 Å². The van der Waals surface area contributed by atoms with Crippen molar-refractivity contribution in [1.82, 2.24) is 9.88 Å². The molecular formula is C15H18N2O2S3. The lowest BCUT2D eigenvalue weighted by Gasteiger charge is -2.36. The molecule has 4 nitrogen and oxygen atoms in total. The molecule has 3 rings (SSSR count). The van der Waals surface area contributed by atoms with Crippen molar-refractivity contribution in [2.24, 2.45) is 0 Å². The number of hydrogen-bond acceptors (Lipinski definition) is 5. The van der Waals surface area contributed by atoms with Gasteiger partial charge >= 0.3 is 0 Å². The molecule has 22 heavy (non-hydrogen) atoms. The van der Waals surface area contributed by atoms with E-state index in [9.17, 15) is 4.79 Å². The van der Waals surface area contributed by atoms with Gasteiger partial charge in [0.1, 0.15) is 6.10 Å². The van der Waals surface area contributed by atoms with Gasteiger partial charge in [-0.1, -0.05) is 0 Å². The van der Waals surface area contributed by atoms with Gasteiger partial charge in [-0.25, -0.2) is 0 Å². The second-order valence-electron chi connectivity index (χ2n) is 5.53. The summed E-state index contributed by atoms with van der Waals surface area (Å²) in [6.07, 6.45) is 0.435. The van der Waals surface area contributed by atoms with Crippen molar-refractivity contribution in [2.45, 2.75) is 32.5 Å². The Morgan fingerprint density at radius 1 is 1.55 bits per heavy atom. The Kier molecular flexibility index (Phi) is 4.77. The van der Waals surface area contributed by atoms with E-state index >= 15 is 0 Å². The number of H-pyrrole nitrogens is 1. The number of aromatic amines is 1. The fraction of sp³-hybridized carbons (Fsp3) is 0.467. The number of amides is 1. The average Bonchev–Trinajstić information content (AvgIpc) is 3.09. The highest BCUT2D eigenvalue weighted by molar-refractivity contribution is 7.73. The molecule has 1 saturated heterocycles. The summed E-state index contributed by atoms with van der Waals surface area (Å²) in [6, 6.07) is 2.07. The molecule has 3 heterocycles. The summed E-state index contributed by atoms with van der Waals surface area (Å²) < 4.78 is 6.71. The maximum absolute atomic E-state index is 12.6. The predicted molar refractivity (Wildman–Crippen MR) is 92.1 cm³/mol. The van der Waals surface area contributed by atoms with Crippen LogP contribution in [0.25, 0.3) is 0 Å². The highest BCUT2D eigenvalue weighted by Crippen LogP contribution is 2.27. The molecule has 118 valence electrons. The first-order valence-corrected chi connectivity index (χ1v) is 9.33. The van der Waals surface area contributed by atoms with Crippen molar-refractivity contribution >= 4 is 40.8 Å². The molecule has 1 aliphatic heterocycles. The molecule has 0 bridgehead atoms. The van der Waals surface area contributed by atoms with Gasteiger partial charge in [0, 0.05) is 17.1 Å². The van der Waals surface area contributed by atoms with Gasteiger partial charge in [-0.15, -0.1) is 11.3 Å². The van der Waals surface area contributed by atoms with E-state index in [1.54, 1.807) is 11.3 Å². The lowest BCUT2D eigenvalue weighted by Crippen LogP contribution is -2.46. The quantitative estimate of drug-likeness (QED) is 0.855. The molecule has 2 aromatic heterocycles. The third-order valence-electron chi connectivity index (χ3n) is 3.76. The number of thiazole rings is 1. The molecule has 1 aliphatic rings. The lowest BCUT2D eigenvalue weighted by molar-refractivity contribution is -0.144. The number of aromatic nitrogens is 1. The van der Waals surface area contributed by atoms with Gasteiger partial charge in [-0.3, -0.25) is 4.79 Å². The number of hydrogen-bond donors (Lipinski definition) is 1. The second-order valence-corrected chi connectivity index (χ2v) is 8.08. The van der Waals surface area contributed by atoms with E-state index in [0.29, 0.717) is 19.5 Å². The molecule has 2 atom stereocenters. The third-order valence-corrected chi connectivity index (χ3v) is 5.80. The van der Waals surface area contributed by atoms with Crippen molar-refractivity contribution in [3.8, 4) is 0 Å². The van der Waals surface area contributed by atoms with Crippen molar-refractivity contribution in [3.05, 3.63) is 36.9 Å². The molecule has 2 unspecified atom stereocenters. The van der Waals surface area contributed by atoms with Gasteiger partial charge in [-0.05, 0) is 48.5 Å². The Bertz CT molecular complexity index is 705. The molecule has 0 saturated carbocycles. The summed E-state index contributed by atoms with van der Waals surface area (Å²) in [7, 11) is 0. The van der Waals surface area contributed by atoms with Gasteiger partial charge in [0.25, 0.3) is 0 Å². The number of carbonyl (C=O) groups is 1. The summed E-state index contributed by atoms with van der Waals surface area (Å²) >= 11 is 8.28. The number of morpholine rings is 1. The molecule has 0 spiro atoms. The van der Waals surface area contributed by atoms with E-state index < -0.39 is 0 Å². The molecule has 0 radical (unpaired) electrons. The fourth-order valence-electron chi connectivity index (χ4n) is 2.65. The van der Waals surface area contributed by atoms with Gasteiger partial charge in [-0.2, -0.15) is 11.3 Å². The van der Waals surface area contributed by atoms with Crippen molar-refractivity contribution < 1.29 is 9.53 Å². The zero-order valence-corrected chi connectivity index (χ0v) is 14.9. The topological polar surface area (TPSA) is 45.3 Å². The number of rotatable bonds is 3. The molecule has 2 aromatic rings. The van der Waals surface area contributed by atoms with E-state index in [1.807, 2.05) is 24.1 Å². The zero-order chi connectivity index (χ0) is 15.7. The second kappa shape index (κ2) is 6.62. The van der Waals surface area contributed by atoms with E-state index in [2.05, 4.69) is 16.4 Å². The molecule has 1 fully saturated rings. The van der Waals surface area contributed by atoms with Crippen LogP contribution < -0.4 is 0 Å². The van der Waals surface area contributed by atoms with Crippen LogP contribution in [0, 0.1) is 10.9 Å². The standard InChI is InChI=1S/C15H18N2O2S3/c1-9-6-17(7-12(19-9)11-3-4-21-8-11)14(18)5-13-10(2)16-15(20)22-13/h3-4,8-9,12H,5-7H2,1-2H3,(H,16,20). The van der Waals surface area contributed by atoms with Crippen LogP contribution in [-0.2, 0) is 16.0 Å². The largest absolute Gasteiger partial charge is 0.367 e. The Morgan fingerprint density at radius 3 is 3.00 bits per heavy atom. The van der Waals surface area contributed by atoms with Crippen LogP contribution >= 0.6 is 34.9 Å². The number of nitrogens with zero attached hydrogens (tertiary/aromatic N) is 1. The minimum Gasteiger partial charge on any atom is -0.367 e. The number of ether oxygens (including phenoxy) is 1. The van der Waals surface area contributed by atoms with Gasteiger partial charge in [0.05, 0.1) is 19.1 Å². The fourth-order valence-corrected chi connectivity index (χ4v) is 4.64. The maximum Gasteiger partial charge on any atom is 0.228 e. The smallest absolute Gasteiger partial charge is 0.228 e. The average molecular weight is 355 g/mol. The molecule has 0 aromatic carbocycles. The summed E-state index contributed by atoms with van der Waals surface area (Å²) in [4.78, 5) is 18.7. The first kappa shape index (κ1) is 15.9. The van der Waals surface area contributed by atoms with Crippen LogP contribution in [0.2, 0.25) is 0 Å². The van der Waals surface area contributed by atoms with E-state index in [1.165, 1.54) is 11.3 Å². The molecule has 0 aliphatic carbocycles. The molecule has 7 heteroatoms. The number of aryl methyl sites for hydroxylation is 1. The highest BCUT2D eigenvalue weighted by atomic mass is 32.1. The zero-order valence-electron chi connectivity index (χ0n) is 12.5. The predicted octanol–water partition coefficient (Wildman–Crippen LogP) is 3.71. The lowest BCUT2D eigenvalue weighted by atomic mass is 10.1. The van der Waals surface area contributed by atoms with Crippen LogP contribution in [0.5, 0.6) is 0 Å². The summed E-state index contributed by atoms with van der Waals surface area (Å²) in [6.45, 7) is 5.25. The van der Waals surface area contributed by atoms with Gasteiger partial charge < -0.3 is 14.6 Å². The Morgan fingerprint density at radius 2 is 2.36 bits per heavy atom. The van der Waals surface area contributed by atoms with Crippen molar-refractivity contribution in [2.75, 3.05) is 13.1 Å². The van der Waals surface area contributed by atoms with E-state index in [4.69, 9.17) is 17.0 Å². The molecule has 1 N–H and O–H groups in total. The minimum atomic E-state index is -0.0236. The molecule has 1 amide bonds. The first-order chi connectivity index (χ1) is 10.5. The summed E-state index contributed by atoms with van der Waals surface area (Å²) in [5.41, 5.74) is 2.15. The van der Waals surface area contributed by atoms with Crippen LogP contribution in [0.3, 0.4) is 0 Å². The molecular weight excluding hydrogens is 336 g/mol. The number of thiophene rings is 1. The summed E-state index contributed by atoms with van der Waals surface area (Å²) in [5.74, 6) is 0.142. The van der Waals surface area contributed by atoms with Crippen molar-refractivity contribution in [3.63, 3.8) is 0 Å². The SMILES string of the molecule is Cc1[nH]c(=S)sc1CC(=O)N1CC(C)OC(c2ccsc2)C1. The van der Waals surface area contributed by atoms with Crippen LogP contribution in [0.15, 0.2) is 16.8 Å². The number of nitrogens with one attached hydrogen (secondary N) is 1. The maximum atomic E-state index is 12.6. The Labute approximate surface area is 142 Å². The van der Waals surface area contributed by atoms with Crippen LogP contribution in [0.1, 0.15) is 29.2 Å². The van der Waals surface area contributed by atoms with Gasteiger partial charge in [0.2, 0.25) is 5.91 Å². The third kappa shape index (κ3) is 3.48. The summed E-state index contributed by atoms with van der Waals surface area (Å²) in [5, 5.41) is 4.13. The first-order valence-electron chi connectivity index (χ1n) is 7.17. The normalized spacial score (nSPS) is 22.0. The monoisotopic (exact) mass is 354 g/mol. The Balaban J connectivity index is 1.71. The van der Waals surface area contributed by atoms with E-state index in [0.717, 1.165) is 20.1 Å². The van der Waals surface area contributed by atoms with E-state index in [-0.39, 0.29) is 18.1 Å². The number of carbonyl (C=O) groups excluding carboxylic acids is 1. The highest BCUT2D eigenvalue weighted by Gasteiger charge is 2.29. The van der Waals surface area contributed by atoms with Gasteiger partial charge in [0.15, 0.2) is 3.95 Å². The van der Waals surface area contributed by atoms with Crippen LogP contribution in [-0.4, -0.2) is 35.0 Å². The minimum absolute atomic E-state index is 0.0236. The van der Waals surface area contributed by atoms with Crippen LogP contribution in [0.4, 0.5) is 0 Å².